The van der Waals surface area contributed by atoms with Gasteiger partial charge in [0.25, 0.3) is 0 Å². The quantitative estimate of drug-likeness (QED) is 0.454. The molecule has 2 aliphatic heterocycles. The van der Waals surface area contributed by atoms with E-state index in [2.05, 4.69) is 82.2 Å². The van der Waals surface area contributed by atoms with E-state index in [0.717, 1.165) is 34.8 Å². The van der Waals surface area contributed by atoms with Crippen LogP contribution in [-0.2, 0) is 10.2 Å². The molecule has 4 rings (SSSR count). The Balaban J connectivity index is 1.71. The van der Waals surface area contributed by atoms with Crippen LogP contribution in [0.25, 0.3) is 0 Å². The van der Waals surface area contributed by atoms with Crippen LogP contribution in [0.2, 0.25) is 0 Å². The lowest BCUT2D eigenvalue weighted by atomic mass is 9.72. The van der Waals surface area contributed by atoms with E-state index in [1.807, 2.05) is 0 Å². The van der Waals surface area contributed by atoms with Gasteiger partial charge in [0.2, 0.25) is 0 Å². The molecule has 0 aromatic heterocycles. The van der Waals surface area contributed by atoms with Gasteiger partial charge in [0.15, 0.2) is 0 Å². The summed E-state index contributed by atoms with van der Waals surface area (Å²) in [6.07, 6.45) is 5.37. The number of anilines is 1. The summed E-state index contributed by atoms with van der Waals surface area (Å²) in [5, 5.41) is 14.0. The fourth-order valence-electron chi connectivity index (χ4n) is 4.59. The normalized spacial score (nSPS) is 30.9. The number of benzene rings is 1. The second kappa shape index (κ2) is 7.23. The summed E-state index contributed by atoms with van der Waals surface area (Å²) >= 11 is 7.07. The van der Waals surface area contributed by atoms with Crippen molar-refractivity contribution in [2.75, 3.05) is 11.9 Å². The molecule has 2 heterocycles. The third-order valence-corrected chi connectivity index (χ3v) is 7.43. The molecule has 4 atom stereocenters. The summed E-state index contributed by atoms with van der Waals surface area (Å²) in [4.78, 5) is 0. The van der Waals surface area contributed by atoms with E-state index in [0.29, 0.717) is 17.6 Å². The maximum Gasteiger partial charge on any atom is 0.139 e. The van der Waals surface area contributed by atoms with E-state index in [1.54, 1.807) is 0 Å². The molecule has 2 N–H and O–H groups in total. The van der Waals surface area contributed by atoms with Gasteiger partial charge >= 0.3 is 0 Å². The maximum absolute atomic E-state index is 10.1. The topological polar surface area (TPSA) is 41.5 Å². The van der Waals surface area contributed by atoms with Crippen LogP contribution in [0.3, 0.4) is 0 Å². The molecule has 0 spiro atoms. The van der Waals surface area contributed by atoms with Gasteiger partial charge in [0.1, 0.15) is 5.76 Å². The number of fused-ring (bicyclic) bond motifs is 3. The number of aliphatic hydroxyl groups excluding tert-OH is 1. The summed E-state index contributed by atoms with van der Waals surface area (Å²) in [6.45, 7) is 7.61. The average Bonchev–Trinajstić information content (AvgIpc) is 2.64. The zero-order valence-electron chi connectivity index (χ0n) is 16.1. The predicted molar refractivity (Wildman–Crippen MR) is 118 cm³/mol. The van der Waals surface area contributed by atoms with Crippen LogP contribution in [-0.4, -0.2) is 17.8 Å². The fourth-order valence-corrected chi connectivity index (χ4v) is 6.02. The van der Waals surface area contributed by atoms with Crippen molar-refractivity contribution in [1.82, 2.24) is 0 Å². The number of nitrogens with one attached hydrogen (secondary N) is 1. The van der Waals surface area contributed by atoms with E-state index in [1.165, 1.54) is 16.8 Å². The summed E-state index contributed by atoms with van der Waals surface area (Å²) in [7, 11) is 0. The van der Waals surface area contributed by atoms with Crippen molar-refractivity contribution >= 4 is 37.5 Å². The summed E-state index contributed by atoms with van der Waals surface area (Å²) in [6, 6.07) is 7.09. The van der Waals surface area contributed by atoms with Crippen molar-refractivity contribution in [1.29, 1.82) is 0 Å². The molecular weight excluding hydrogens is 470 g/mol. The summed E-state index contributed by atoms with van der Waals surface area (Å²) in [5.74, 6) is 1.05. The molecule has 1 saturated heterocycles. The lowest BCUT2D eigenvalue weighted by Gasteiger charge is -2.46. The highest BCUT2D eigenvalue weighted by Gasteiger charge is 2.43. The zero-order valence-corrected chi connectivity index (χ0v) is 19.2. The van der Waals surface area contributed by atoms with Gasteiger partial charge in [0.05, 0.1) is 10.6 Å². The fraction of sp³-hybridized carbons (Fsp3) is 0.545. The third-order valence-electron chi connectivity index (χ3n) is 6.10. The van der Waals surface area contributed by atoms with Gasteiger partial charge in [-0.15, -0.1) is 0 Å². The standard InChI is InChI=1S/C22H27Br2NO2/c1-22(2,3)13-6-7-18-15(11-13)21-14(5-4-8-27-21)19(25-18)12-9-16(23)20(26)17(24)10-12/h6-7,9,11-12,14,19,21,25-26H,4-5,8,10H2,1-3H3/t12?,14-,19-,21-/m0/s1. The Morgan fingerprint density at radius 3 is 2.70 bits per heavy atom. The first-order valence-corrected chi connectivity index (χ1v) is 11.3. The minimum absolute atomic E-state index is 0.125. The lowest BCUT2D eigenvalue weighted by molar-refractivity contribution is -0.0419. The molecule has 27 heavy (non-hydrogen) atoms. The van der Waals surface area contributed by atoms with Gasteiger partial charge < -0.3 is 15.2 Å². The van der Waals surface area contributed by atoms with Crippen LogP contribution in [0.4, 0.5) is 5.69 Å². The van der Waals surface area contributed by atoms with Gasteiger partial charge in [-0.1, -0.05) is 54.9 Å². The molecule has 3 nitrogen and oxygen atoms in total. The Kier molecular flexibility index (Phi) is 5.23. The Morgan fingerprint density at radius 2 is 2.00 bits per heavy atom. The molecule has 1 aromatic rings. The molecule has 146 valence electrons. The number of rotatable bonds is 1. The van der Waals surface area contributed by atoms with Crippen LogP contribution in [0.15, 0.2) is 39.0 Å². The molecule has 1 unspecified atom stereocenters. The molecule has 0 bridgehead atoms. The van der Waals surface area contributed by atoms with E-state index < -0.39 is 0 Å². The highest BCUT2D eigenvalue weighted by Crippen LogP contribution is 2.49. The predicted octanol–water partition coefficient (Wildman–Crippen LogP) is 6.71. The number of hydrogen-bond acceptors (Lipinski definition) is 3. The van der Waals surface area contributed by atoms with Crippen molar-refractivity contribution in [3.05, 3.63) is 50.1 Å². The van der Waals surface area contributed by atoms with Crippen LogP contribution in [0.5, 0.6) is 0 Å². The summed E-state index contributed by atoms with van der Waals surface area (Å²) < 4.78 is 7.97. The van der Waals surface area contributed by atoms with Crippen molar-refractivity contribution in [2.45, 2.75) is 57.6 Å². The van der Waals surface area contributed by atoms with Crippen LogP contribution in [0, 0.1) is 11.8 Å². The molecular formula is C22H27Br2NO2. The molecule has 1 aliphatic carbocycles. The maximum atomic E-state index is 10.1. The van der Waals surface area contributed by atoms with Crippen molar-refractivity contribution in [3.8, 4) is 0 Å². The van der Waals surface area contributed by atoms with Crippen LogP contribution in [0.1, 0.15) is 57.3 Å². The van der Waals surface area contributed by atoms with Crippen molar-refractivity contribution < 1.29 is 9.84 Å². The van der Waals surface area contributed by atoms with Gasteiger partial charge in [-0.25, -0.2) is 0 Å². The van der Waals surface area contributed by atoms with Crippen LogP contribution >= 0.6 is 31.9 Å². The minimum Gasteiger partial charge on any atom is -0.506 e. The second-order valence-corrected chi connectivity index (χ2v) is 10.8. The van der Waals surface area contributed by atoms with E-state index in [4.69, 9.17) is 4.74 Å². The Hall–Kier alpha value is -0.780. The van der Waals surface area contributed by atoms with E-state index >= 15 is 0 Å². The van der Waals surface area contributed by atoms with Gasteiger partial charge in [-0.05, 0) is 52.2 Å². The number of hydrogen-bond donors (Lipinski definition) is 2. The van der Waals surface area contributed by atoms with Crippen molar-refractivity contribution in [2.24, 2.45) is 11.8 Å². The Labute approximate surface area is 178 Å². The van der Waals surface area contributed by atoms with Gasteiger partial charge in [-0.3, -0.25) is 0 Å². The number of halogens is 2. The molecule has 0 amide bonds. The number of allylic oxidation sites excluding steroid dienone is 2. The van der Waals surface area contributed by atoms with E-state index in [9.17, 15) is 5.11 Å². The smallest absolute Gasteiger partial charge is 0.139 e. The second-order valence-electron chi connectivity index (χ2n) is 8.96. The Bertz CT molecular complexity index is 809. The third kappa shape index (κ3) is 3.63. The first-order chi connectivity index (χ1) is 12.8. The zero-order chi connectivity index (χ0) is 19.3. The van der Waals surface area contributed by atoms with Gasteiger partial charge in [0, 0.05) is 40.2 Å². The molecule has 5 heteroatoms. The average molecular weight is 497 g/mol. The SMILES string of the molecule is CC(C)(C)c1ccc2c(c1)[C@H]1OCCC[C@H]1[C@H](C1C=C(Br)C(O)=C(Br)C1)N2. The molecule has 3 aliphatic rings. The van der Waals surface area contributed by atoms with Gasteiger partial charge in [-0.2, -0.15) is 0 Å². The molecule has 0 radical (unpaired) electrons. The first-order valence-electron chi connectivity index (χ1n) is 9.73. The molecule has 0 saturated carbocycles. The monoisotopic (exact) mass is 495 g/mol. The minimum atomic E-state index is 0.125. The number of aliphatic hydroxyl groups is 1. The highest BCUT2D eigenvalue weighted by molar-refractivity contribution is 9.12. The van der Waals surface area contributed by atoms with E-state index in [-0.39, 0.29) is 17.6 Å². The number of ether oxygens (including phenoxy) is 1. The Morgan fingerprint density at radius 1 is 1.22 bits per heavy atom. The first kappa shape index (κ1) is 19.5. The van der Waals surface area contributed by atoms with Crippen molar-refractivity contribution in [3.63, 3.8) is 0 Å². The van der Waals surface area contributed by atoms with Crippen LogP contribution < -0.4 is 5.32 Å². The highest BCUT2D eigenvalue weighted by atomic mass is 79.9. The lowest BCUT2D eigenvalue weighted by Crippen LogP contribution is -2.45. The molecule has 1 fully saturated rings. The largest absolute Gasteiger partial charge is 0.506 e. The molecule has 1 aromatic carbocycles. The summed E-state index contributed by atoms with van der Waals surface area (Å²) in [5.41, 5.74) is 3.97.